The number of aromatic nitrogens is 2. The van der Waals surface area contributed by atoms with Crippen molar-refractivity contribution in [3.8, 4) is 0 Å². The number of hydrogen-bond donors (Lipinski definition) is 1. The topological polar surface area (TPSA) is 46.9 Å². The molecule has 0 amide bonds. The summed E-state index contributed by atoms with van der Waals surface area (Å²) in [5, 5.41) is 5.44. The molecule has 0 saturated heterocycles. The second-order valence-electron chi connectivity index (χ2n) is 5.50. The summed E-state index contributed by atoms with van der Waals surface area (Å²) in [6.45, 7) is 9.91. The molecule has 0 aromatic carbocycles. The summed E-state index contributed by atoms with van der Waals surface area (Å²) in [6.07, 6.45) is 2.72. The van der Waals surface area contributed by atoms with Crippen LogP contribution in [0.3, 0.4) is 0 Å². The number of nitrogens with one attached hydrogen (secondary N) is 1. The fraction of sp³-hybridized carbons (Fsp3) is 0.571. The van der Waals surface area contributed by atoms with E-state index in [-0.39, 0.29) is 11.1 Å². The molecule has 1 N–H and O–H groups in total. The van der Waals surface area contributed by atoms with Crippen LogP contribution < -0.4 is 10.9 Å². The molecule has 104 valence electrons. The van der Waals surface area contributed by atoms with Gasteiger partial charge in [0.1, 0.15) is 4.70 Å². The van der Waals surface area contributed by atoms with Gasteiger partial charge >= 0.3 is 0 Å². The highest BCUT2D eigenvalue weighted by Crippen LogP contribution is 2.19. The second-order valence-corrected chi connectivity index (χ2v) is 6.38. The molecule has 0 aliphatic carbocycles. The van der Waals surface area contributed by atoms with Crippen molar-refractivity contribution >= 4 is 21.6 Å². The summed E-state index contributed by atoms with van der Waals surface area (Å²) in [5.74, 6) is 0. The van der Waals surface area contributed by atoms with Crippen molar-refractivity contribution in [1.82, 2.24) is 14.9 Å². The van der Waals surface area contributed by atoms with Crippen molar-refractivity contribution in [2.75, 3.05) is 6.54 Å². The summed E-state index contributed by atoms with van der Waals surface area (Å²) < 4.78 is 2.45. The van der Waals surface area contributed by atoms with Crippen molar-refractivity contribution in [3.63, 3.8) is 0 Å². The maximum atomic E-state index is 12.3. The molecule has 2 aromatic heterocycles. The molecule has 0 fully saturated rings. The van der Waals surface area contributed by atoms with E-state index >= 15 is 0 Å². The first-order valence-corrected chi connectivity index (χ1v) is 7.51. The molecule has 0 aliphatic heterocycles. The third-order valence-electron chi connectivity index (χ3n) is 3.56. The fourth-order valence-corrected chi connectivity index (χ4v) is 2.81. The highest BCUT2D eigenvalue weighted by Gasteiger charge is 2.13. The standard InChI is InChI=1S/C14H21N3OS/c1-5-14(3,4)16-6-7-17-9-15-11-10(2)8-19-12(11)13(17)18/h8-9,16H,5-7H2,1-4H3. The Balaban J connectivity index is 2.14. The zero-order chi connectivity index (χ0) is 14.0. The van der Waals surface area contributed by atoms with E-state index < -0.39 is 0 Å². The minimum atomic E-state index is 0.0687. The highest BCUT2D eigenvalue weighted by atomic mass is 32.1. The van der Waals surface area contributed by atoms with Gasteiger partial charge in [-0.25, -0.2) is 4.98 Å². The minimum Gasteiger partial charge on any atom is -0.310 e. The smallest absolute Gasteiger partial charge is 0.271 e. The molecule has 0 bridgehead atoms. The van der Waals surface area contributed by atoms with Gasteiger partial charge in [0.05, 0.1) is 11.8 Å². The van der Waals surface area contributed by atoms with E-state index in [2.05, 4.69) is 31.1 Å². The molecule has 0 aliphatic rings. The Morgan fingerprint density at radius 3 is 2.89 bits per heavy atom. The maximum Gasteiger partial charge on any atom is 0.271 e. The van der Waals surface area contributed by atoms with Gasteiger partial charge in [-0.1, -0.05) is 6.92 Å². The van der Waals surface area contributed by atoms with Crippen LogP contribution in [-0.2, 0) is 6.54 Å². The third-order valence-corrected chi connectivity index (χ3v) is 4.64. The molecule has 2 heterocycles. The van der Waals surface area contributed by atoms with Crippen molar-refractivity contribution in [2.45, 2.75) is 46.2 Å². The van der Waals surface area contributed by atoms with Gasteiger partial charge in [-0.3, -0.25) is 9.36 Å². The van der Waals surface area contributed by atoms with Gasteiger partial charge < -0.3 is 5.32 Å². The Kier molecular flexibility index (Phi) is 4.06. The van der Waals surface area contributed by atoms with Crippen LogP contribution in [-0.4, -0.2) is 21.6 Å². The summed E-state index contributed by atoms with van der Waals surface area (Å²) in [4.78, 5) is 16.7. The summed E-state index contributed by atoms with van der Waals surface area (Å²) in [5.41, 5.74) is 2.10. The number of rotatable bonds is 5. The lowest BCUT2D eigenvalue weighted by molar-refractivity contribution is 0.366. The van der Waals surface area contributed by atoms with Crippen molar-refractivity contribution in [2.24, 2.45) is 0 Å². The Hall–Kier alpha value is -1.20. The van der Waals surface area contributed by atoms with Crippen LogP contribution in [0.4, 0.5) is 0 Å². The van der Waals surface area contributed by atoms with Gasteiger partial charge in [-0.15, -0.1) is 11.3 Å². The molecule has 0 saturated carbocycles. The summed E-state index contributed by atoms with van der Waals surface area (Å²) in [7, 11) is 0. The zero-order valence-electron chi connectivity index (χ0n) is 12.0. The van der Waals surface area contributed by atoms with Crippen molar-refractivity contribution in [3.05, 3.63) is 27.6 Å². The minimum absolute atomic E-state index is 0.0687. The molecule has 5 heteroatoms. The lowest BCUT2D eigenvalue weighted by atomic mass is 10.0. The Labute approximate surface area is 117 Å². The normalized spacial score (nSPS) is 12.2. The molecule has 0 spiro atoms. The molecular formula is C14H21N3OS. The van der Waals surface area contributed by atoms with Gasteiger partial charge in [0.2, 0.25) is 0 Å². The van der Waals surface area contributed by atoms with Gasteiger partial charge in [-0.2, -0.15) is 0 Å². The van der Waals surface area contributed by atoms with Gasteiger partial charge in [-0.05, 0) is 38.1 Å². The highest BCUT2D eigenvalue weighted by molar-refractivity contribution is 7.17. The average Bonchev–Trinajstić information content (AvgIpc) is 2.75. The molecular weight excluding hydrogens is 258 g/mol. The van der Waals surface area contributed by atoms with Crippen LogP contribution >= 0.6 is 11.3 Å². The number of fused-ring (bicyclic) bond motifs is 1. The lowest BCUT2D eigenvalue weighted by Crippen LogP contribution is -2.41. The Morgan fingerprint density at radius 1 is 1.47 bits per heavy atom. The molecule has 0 atom stereocenters. The second kappa shape index (κ2) is 5.43. The van der Waals surface area contributed by atoms with E-state index in [4.69, 9.17) is 0 Å². The van der Waals surface area contributed by atoms with Crippen LogP contribution in [0.25, 0.3) is 10.2 Å². The van der Waals surface area contributed by atoms with Crippen LogP contribution in [0, 0.1) is 6.92 Å². The molecule has 4 nitrogen and oxygen atoms in total. The molecule has 2 aromatic rings. The first-order valence-electron chi connectivity index (χ1n) is 6.63. The Bertz CT molecular complexity index is 627. The molecule has 19 heavy (non-hydrogen) atoms. The van der Waals surface area contributed by atoms with E-state index in [0.717, 1.165) is 28.7 Å². The Morgan fingerprint density at radius 2 is 2.21 bits per heavy atom. The van der Waals surface area contributed by atoms with Gasteiger partial charge in [0.25, 0.3) is 5.56 Å². The zero-order valence-corrected chi connectivity index (χ0v) is 12.8. The number of nitrogens with zero attached hydrogens (tertiary/aromatic N) is 2. The van der Waals surface area contributed by atoms with E-state index in [1.54, 1.807) is 10.9 Å². The number of aryl methyl sites for hydroxylation is 1. The van der Waals surface area contributed by atoms with Gasteiger partial charge in [0.15, 0.2) is 0 Å². The summed E-state index contributed by atoms with van der Waals surface area (Å²) in [6, 6.07) is 0. The largest absolute Gasteiger partial charge is 0.310 e. The maximum absolute atomic E-state index is 12.3. The predicted octanol–water partition coefficient (Wildman–Crippen LogP) is 2.54. The number of thiophene rings is 1. The SMILES string of the molecule is CCC(C)(C)NCCn1cnc2c(C)csc2c1=O. The first-order chi connectivity index (χ1) is 8.94. The van der Waals surface area contributed by atoms with Crippen LogP contribution in [0.5, 0.6) is 0 Å². The van der Waals surface area contributed by atoms with E-state index in [9.17, 15) is 4.79 Å². The number of hydrogen-bond acceptors (Lipinski definition) is 4. The quantitative estimate of drug-likeness (QED) is 0.915. The fourth-order valence-electron chi connectivity index (χ4n) is 1.86. The van der Waals surface area contributed by atoms with E-state index in [0.29, 0.717) is 6.54 Å². The van der Waals surface area contributed by atoms with Crippen molar-refractivity contribution in [1.29, 1.82) is 0 Å². The van der Waals surface area contributed by atoms with Crippen LogP contribution in [0.2, 0.25) is 0 Å². The lowest BCUT2D eigenvalue weighted by Gasteiger charge is -2.24. The van der Waals surface area contributed by atoms with E-state index in [1.807, 2.05) is 12.3 Å². The molecule has 0 unspecified atom stereocenters. The average molecular weight is 279 g/mol. The van der Waals surface area contributed by atoms with Gasteiger partial charge in [0, 0.05) is 18.6 Å². The first kappa shape index (κ1) is 14.2. The van der Waals surface area contributed by atoms with Crippen molar-refractivity contribution < 1.29 is 0 Å². The monoisotopic (exact) mass is 279 g/mol. The third kappa shape index (κ3) is 3.04. The molecule has 2 rings (SSSR count). The van der Waals surface area contributed by atoms with Crippen LogP contribution in [0.1, 0.15) is 32.8 Å². The van der Waals surface area contributed by atoms with E-state index in [1.165, 1.54) is 11.3 Å². The molecule has 0 radical (unpaired) electrons. The van der Waals surface area contributed by atoms with Crippen LogP contribution in [0.15, 0.2) is 16.5 Å². The summed E-state index contributed by atoms with van der Waals surface area (Å²) >= 11 is 1.48. The predicted molar refractivity (Wildman–Crippen MR) is 81.0 cm³/mol.